The Bertz CT molecular complexity index is 221. The van der Waals surface area contributed by atoms with Crippen molar-refractivity contribution in [2.45, 2.75) is 45.6 Å². The summed E-state index contributed by atoms with van der Waals surface area (Å²) < 4.78 is 5.09. The highest BCUT2D eigenvalue weighted by Crippen LogP contribution is 2.14. The van der Waals surface area contributed by atoms with E-state index in [1.165, 1.54) is 0 Å². The third kappa shape index (κ3) is 6.03. The standard InChI is InChI=1S/C13H28N2O2/c1-6-10-15(5)11-8-9-13(3,14-4)12(16)17-7-2/h14H,6-11H2,1-5H3. The molecule has 0 aliphatic rings. The molecule has 0 aromatic carbocycles. The molecule has 0 rings (SSSR count). The summed E-state index contributed by atoms with van der Waals surface area (Å²) in [5, 5.41) is 3.08. The number of carbonyl (C=O) groups is 1. The van der Waals surface area contributed by atoms with Crippen LogP contribution in [0.15, 0.2) is 0 Å². The number of hydrogen-bond acceptors (Lipinski definition) is 4. The maximum atomic E-state index is 11.8. The lowest BCUT2D eigenvalue weighted by atomic mass is 9.96. The van der Waals surface area contributed by atoms with Gasteiger partial charge < -0.3 is 15.0 Å². The van der Waals surface area contributed by atoms with Gasteiger partial charge in [0.05, 0.1) is 6.61 Å². The molecule has 0 fully saturated rings. The van der Waals surface area contributed by atoms with Gasteiger partial charge in [0, 0.05) is 0 Å². The summed E-state index contributed by atoms with van der Waals surface area (Å²) in [6.07, 6.45) is 2.96. The van der Waals surface area contributed by atoms with Crippen LogP contribution in [-0.4, -0.2) is 50.2 Å². The van der Waals surface area contributed by atoms with E-state index in [1.54, 1.807) is 0 Å². The molecule has 0 amide bonds. The van der Waals surface area contributed by atoms with E-state index in [0.717, 1.165) is 32.4 Å². The first-order valence-electron chi connectivity index (χ1n) is 6.54. The third-order valence-corrected chi connectivity index (χ3v) is 3.10. The maximum Gasteiger partial charge on any atom is 0.326 e. The molecular formula is C13H28N2O2. The predicted molar refractivity (Wildman–Crippen MR) is 71.1 cm³/mol. The maximum absolute atomic E-state index is 11.8. The lowest BCUT2D eigenvalue weighted by Gasteiger charge is -2.27. The van der Waals surface area contributed by atoms with Crippen LogP contribution in [0.25, 0.3) is 0 Å². The van der Waals surface area contributed by atoms with Crippen molar-refractivity contribution in [2.75, 3.05) is 33.8 Å². The van der Waals surface area contributed by atoms with Crippen LogP contribution in [0.4, 0.5) is 0 Å². The van der Waals surface area contributed by atoms with Crippen molar-refractivity contribution in [3.63, 3.8) is 0 Å². The number of esters is 1. The van der Waals surface area contributed by atoms with E-state index < -0.39 is 5.54 Å². The van der Waals surface area contributed by atoms with Crippen molar-refractivity contribution in [3.8, 4) is 0 Å². The minimum atomic E-state index is -0.553. The second kappa shape index (κ2) is 8.48. The Morgan fingerprint density at radius 3 is 2.47 bits per heavy atom. The zero-order valence-electron chi connectivity index (χ0n) is 12.0. The molecule has 0 aromatic rings. The fourth-order valence-electron chi connectivity index (χ4n) is 1.82. The predicted octanol–water partition coefficient (Wildman–Crippen LogP) is 1.65. The van der Waals surface area contributed by atoms with Gasteiger partial charge in [-0.15, -0.1) is 0 Å². The van der Waals surface area contributed by atoms with E-state index in [2.05, 4.69) is 24.2 Å². The van der Waals surface area contributed by atoms with Gasteiger partial charge in [-0.1, -0.05) is 6.92 Å². The lowest BCUT2D eigenvalue weighted by molar-refractivity contribution is -0.150. The largest absolute Gasteiger partial charge is 0.465 e. The summed E-state index contributed by atoms with van der Waals surface area (Å²) in [6.45, 7) is 8.48. The minimum absolute atomic E-state index is 0.152. The molecule has 4 nitrogen and oxygen atoms in total. The van der Waals surface area contributed by atoms with Gasteiger partial charge >= 0.3 is 5.97 Å². The monoisotopic (exact) mass is 244 g/mol. The van der Waals surface area contributed by atoms with E-state index in [9.17, 15) is 4.79 Å². The van der Waals surface area contributed by atoms with Gasteiger partial charge in [-0.25, -0.2) is 0 Å². The molecule has 102 valence electrons. The van der Waals surface area contributed by atoms with E-state index >= 15 is 0 Å². The van der Waals surface area contributed by atoms with Gasteiger partial charge in [0.2, 0.25) is 0 Å². The molecule has 1 atom stereocenters. The van der Waals surface area contributed by atoms with E-state index in [0.29, 0.717) is 6.61 Å². The first-order chi connectivity index (χ1) is 8.00. The summed E-state index contributed by atoms with van der Waals surface area (Å²) in [7, 11) is 3.93. The first-order valence-corrected chi connectivity index (χ1v) is 6.54. The second-order valence-corrected chi connectivity index (χ2v) is 4.71. The molecule has 0 radical (unpaired) electrons. The zero-order valence-corrected chi connectivity index (χ0v) is 12.0. The van der Waals surface area contributed by atoms with Gasteiger partial charge in [0.1, 0.15) is 5.54 Å². The molecule has 0 saturated heterocycles. The molecule has 17 heavy (non-hydrogen) atoms. The smallest absolute Gasteiger partial charge is 0.326 e. The van der Waals surface area contributed by atoms with Crippen LogP contribution in [0.5, 0.6) is 0 Å². The summed E-state index contributed by atoms with van der Waals surface area (Å²) in [5.74, 6) is -0.152. The molecule has 0 aliphatic carbocycles. The van der Waals surface area contributed by atoms with E-state index in [1.807, 2.05) is 20.9 Å². The molecule has 0 bridgehead atoms. The molecule has 0 aromatic heterocycles. The average molecular weight is 244 g/mol. The third-order valence-electron chi connectivity index (χ3n) is 3.10. The molecule has 0 spiro atoms. The second-order valence-electron chi connectivity index (χ2n) is 4.71. The number of ether oxygens (including phenoxy) is 1. The quantitative estimate of drug-likeness (QED) is 0.626. The number of likely N-dealkylation sites (N-methyl/N-ethyl adjacent to an activating group) is 1. The molecule has 1 unspecified atom stereocenters. The van der Waals surface area contributed by atoms with Crippen molar-refractivity contribution >= 4 is 5.97 Å². The molecule has 0 heterocycles. The SMILES string of the molecule is CCCN(C)CCCC(C)(NC)C(=O)OCC. The van der Waals surface area contributed by atoms with E-state index in [-0.39, 0.29) is 5.97 Å². The zero-order chi connectivity index (χ0) is 13.3. The minimum Gasteiger partial charge on any atom is -0.465 e. The fraction of sp³-hybridized carbons (Fsp3) is 0.923. The van der Waals surface area contributed by atoms with Crippen LogP contribution in [-0.2, 0) is 9.53 Å². The molecule has 0 saturated carbocycles. The number of carbonyl (C=O) groups excluding carboxylic acids is 1. The molecule has 1 N–H and O–H groups in total. The molecule has 0 aliphatic heterocycles. The highest BCUT2D eigenvalue weighted by molar-refractivity contribution is 5.80. The Balaban J connectivity index is 4.07. The van der Waals surface area contributed by atoms with Crippen LogP contribution >= 0.6 is 0 Å². The van der Waals surface area contributed by atoms with E-state index in [4.69, 9.17) is 4.74 Å². The van der Waals surface area contributed by atoms with Crippen molar-refractivity contribution in [1.82, 2.24) is 10.2 Å². The number of nitrogens with one attached hydrogen (secondary N) is 1. The number of rotatable bonds is 9. The first kappa shape index (κ1) is 16.4. The van der Waals surface area contributed by atoms with Gasteiger partial charge in [0.25, 0.3) is 0 Å². The molecule has 4 heteroatoms. The lowest BCUT2D eigenvalue weighted by Crippen LogP contribution is -2.49. The highest BCUT2D eigenvalue weighted by Gasteiger charge is 2.32. The highest BCUT2D eigenvalue weighted by atomic mass is 16.5. The van der Waals surface area contributed by atoms with Crippen LogP contribution in [0.2, 0.25) is 0 Å². The fourth-order valence-corrected chi connectivity index (χ4v) is 1.82. The van der Waals surface area contributed by atoms with Crippen LogP contribution in [0.1, 0.15) is 40.0 Å². The summed E-state index contributed by atoms with van der Waals surface area (Å²) >= 11 is 0. The van der Waals surface area contributed by atoms with Crippen molar-refractivity contribution in [3.05, 3.63) is 0 Å². The van der Waals surface area contributed by atoms with Crippen LogP contribution in [0.3, 0.4) is 0 Å². The van der Waals surface area contributed by atoms with Crippen LogP contribution < -0.4 is 5.32 Å². The number of hydrogen-bond donors (Lipinski definition) is 1. The summed E-state index contributed by atoms with van der Waals surface area (Å²) in [6, 6.07) is 0. The van der Waals surface area contributed by atoms with Crippen LogP contribution in [0, 0.1) is 0 Å². The normalized spacial score (nSPS) is 14.7. The Morgan fingerprint density at radius 2 is 2.00 bits per heavy atom. The van der Waals surface area contributed by atoms with Crippen molar-refractivity contribution in [2.24, 2.45) is 0 Å². The Hall–Kier alpha value is -0.610. The Morgan fingerprint density at radius 1 is 1.35 bits per heavy atom. The van der Waals surface area contributed by atoms with Gasteiger partial charge in [-0.2, -0.15) is 0 Å². The van der Waals surface area contributed by atoms with Crippen molar-refractivity contribution < 1.29 is 9.53 Å². The topological polar surface area (TPSA) is 41.6 Å². The van der Waals surface area contributed by atoms with Gasteiger partial charge in [-0.3, -0.25) is 4.79 Å². The number of nitrogens with zero attached hydrogens (tertiary/aromatic N) is 1. The summed E-state index contributed by atoms with van der Waals surface area (Å²) in [5.41, 5.74) is -0.553. The molecular weight excluding hydrogens is 216 g/mol. The van der Waals surface area contributed by atoms with Gasteiger partial charge in [-0.05, 0) is 60.3 Å². The van der Waals surface area contributed by atoms with Crippen molar-refractivity contribution in [1.29, 1.82) is 0 Å². The Kier molecular flexibility index (Phi) is 8.17. The van der Waals surface area contributed by atoms with Gasteiger partial charge in [0.15, 0.2) is 0 Å². The summed E-state index contributed by atoms with van der Waals surface area (Å²) in [4.78, 5) is 14.1. The average Bonchev–Trinajstić information content (AvgIpc) is 2.29. The Labute approximate surface area is 106 Å².